The maximum absolute atomic E-state index is 13.5. The number of nitrogens with zero attached hydrogens (tertiary/aromatic N) is 5. The number of rotatable bonds is 6. The number of ether oxygens (including phenoxy) is 2. The number of benzene rings is 2. The number of halogens is 1. The molecule has 1 aromatic heterocycles. The molecule has 0 radical (unpaired) electrons. The molecule has 2 aliphatic rings. The van der Waals surface area contributed by atoms with Crippen LogP contribution in [0.25, 0.3) is 5.69 Å². The van der Waals surface area contributed by atoms with Crippen molar-refractivity contribution in [2.45, 2.75) is 13.0 Å². The van der Waals surface area contributed by atoms with E-state index in [0.717, 1.165) is 62.1 Å². The molecule has 32 heavy (non-hydrogen) atoms. The van der Waals surface area contributed by atoms with Crippen LogP contribution in [-0.4, -0.2) is 72.2 Å². The van der Waals surface area contributed by atoms with Crippen molar-refractivity contribution in [2.75, 3.05) is 56.7 Å². The molecule has 0 saturated carbocycles. The lowest BCUT2D eigenvalue weighted by Gasteiger charge is -2.43. The Balaban J connectivity index is 1.34. The summed E-state index contributed by atoms with van der Waals surface area (Å²) >= 11 is 0. The highest BCUT2D eigenvalue weighted by atomic mass is 19.1. The number of aryl methyl sites for hydroxylation is 1. The number of hydrogen-bond donors (Lipinski definition) is 1. The van der Waals surface area contributed by atoms with E-state index in [2.05, 4.69) is 31.3 Å². The lowest BCUT2D eigenvalue weighted by atomic mass is 10.1. The van der Waals surface area contributed by atoms with Crippen molar-refractivity contribution in [3.05, 3.63) is 54.1 Å². The minimum absolute atomic E-state index is 0.312. The third kappa shape index (κ3) is 4.13. The first-order valence-corrected chi connectivity index (χ1v) is 10.8. The molecule has 2 saturated heterocycles. The topological polar surface area (TPSA) is 67.7 Å². The molecule has 3 heterocycles. The first-order chi connectivity index (χ1) is 15.6. The molecular weight excluding hydrogens is 411 g/mol. The van der Waals surface area contributed by atoms with Crippen molar-refractivity contribution < 1.29 is 13.9 Å². The van der Waals surface area contributed by atoms with E-state index in [1.807, 2.05) is 13.0 Å². The predicted octanol–water partition coefficient (Wildman–Crippen LogP) is 2.99. The van der Waals surface area contributed by atoms with Crippen LogP contribution in [0.3, 0.4) is 0 Å². The molecular formula is C23H27FN6O2. The normalized spacial score (nSPS) is 17.3. The summed E-state index contributed by atoms with van der Waals surface area (Å²) in [5.74, 6) is 1.02. The summed E-state index contributed by atoms with van der Waals surface area (Å²) < 4.78 is 26.2. The zero-order chi connectivity index (χ0) is 22.1. The molecule has 2 fully saturated rings. The van der Waals surface area contributed by atoms with E-state index in [1.165, 1.54) is 12.1 Å². The Morgan fingerprint density at radius 3 is 2.62 bits per heavy atom. The van der Waals surface area contributed by atoms with Crippen molar-refractivity contribution in [1.82, 2.24) is 19.7 Å². The highest BCUT2D eigenvalue weighted by molar-refractivity contribution is 5.71. The summed E-state index contributed by atoms with van der Waals surface area (Å²) in [4.78, 5) is 9.20. The van der Waals surface area contributed by atoms with Crippen LogP contribution in [0.15, 0.2) is 42.7 Å². The van der Waals surface area contributed by atoms with Gasteiger partial charge in [-0.2, -0.15) is 4.98 Å². The van der Waals surface area contributed by atoms with Gasteiger partial charge in [0.25, 0.3) is 0 Å². The van der Waals surface area contributed by atoms with E-state index in [0.29, 0.717) is 17.7 Å². The minimum atomic E-state index is -0.312. The van der Waals surface area contributed by atoms with E-state index in [4.69, 9.17) is 9.47 Å². The van der Waals surface area contributed by atoms with Gasteiger partial charge in [-0.05, 0) is 42.8 Å². The van der Waals surface area contributed by atoms with E-state index in [9.17, 15) is 4.39 Å². The predicted molar refractivity (Wildman–Crippen MR) is 121 cm³/mol. The first kappa shape index (κ1) is 20.7. The van der Waals surface area contributed by atoms with Gasteiger partial charge in [0.05, 0.1) is 37.7 Å². The second-order valence-corrected chi connectivity index (χ2v) is 8.18. The highest BCUT2D eigenvalue weighted by Gasteiger charge is 2.30. The van der Waals surface area contributed by atoms with Gasteiger partial charge in [0.15, 0.2) is 0 Å². The van der Waals surface area contributed by atoms with Gasteiger partial charge < -0.3 is 19.7 Å². The van der Waals surface area contributed by atoms with Crippen LogP contribution in [0.5, 0.6) is 5.75 Å². The van der Waals surface area contributed by atoms with Gasteiger partial charge in [0.2, 0.25) is 5.95 Å². The van der Waals surface area contributed by atoms with E-state index in [1.54, 1.807) is 30.3 Å². The first-order valence-electron chi connectivity index (χ1n) is 10.8. The average molecular weight is 439 g/mol. The van der Waals surface area contributed by atoms with Gasteiger partial charge in [0, 0.05) is 31.9 Å². The maximum Gasteiger partial charge on any atom is 0.246 e. The molecule has 0 spiro atoms. The Morgan fingerprint density at radius 2 is 1.94 bits per heavy atom. The van der Waals surface area contributed by atoms with Gasteiger partial charge in [-0.15, -0.1) is 5.10 Å². The Bertz CT molecular complexity index is 1090. The van der Waals surface area contributed by atoms with Gasteiger partial charge in [-0.3, -0.25) is 4.90 Å². The average Bonchev–Trinajstić information content (AvgIpc) is 3.21. The van der Waals surface area contributed by atoms with Crippen molar-refractivity contribution in [3.63, 3.8) is 0 Å². The van der Waals surface area contributed by atoms with Crippen LogP contribution in [0.2, 0.25) is 0 Å². The quantitative estimate of drug-likeness (QED) is 0.635. The van der Waals surface area contributed by atoms with E-state index < -0.39 is 0 Å². The Kier molecular flexibility index (Phi) is 5.67. The molecule has 168 valence electrons. The molecule has 5 rings (SSSR count). The van der Waals surface area contributed by atoms with Crippen LogP contribution in [0.1, 0.15) is 5.56 Å². The summed E-state index contributed by atoms with van der Waals surface area (Å²) in [5.41, 5.74) is 3.59. The van der Waals surface area contributed by atoms with Gasteiger partial charge >= 0.3 is 0 Å². The second kappa shape index (κ2) is 8.76. The van der Waals surface area contributed by atoms with Crippen LogP contribution >= 0.6 is 0 Å². The summed E-state index contributed by atoms with van der Waals surface area (Å²) in [5, 5.41) is 7.72. The summed E-state index contributed by atoms with van der Waals surface area (Å²) in [7, 11) is 1.71. The van der Waals surface area contributed by atoms with E-state index in [-0.39, 0.29) is 5.82 Å². The third-order valence-corrected chi connectivity index (χ3v) is 6.07. The number of methoxy groups -OCH3 is 1. The highest BCUT2D eigenvalue weighted by Crippen LogP contribution is 2.36. The SMILES string of the molecule is COc1c(C)cc(Nc2ncn(-c3cccc(F)c3)n2)cc1N1CCN(C2COC2)CC1. The minimum Gasteiger partial charge on any atom is -0.494 e. The third-order valence-electron chi connectivity index (χ3n) is 6.07. The van der Waals surface area contributed by atoms with Crippen molar-refractivity contribution in [1.29, 1.82) is 0 Å². The second-order valence-electron chi connectivity index (χ2n) is 8.18. The van der Waals surface area contributed by atoms with Crippen molar-refractivity contribution >= 4 is 17.3 Å². The van der Waals surface area contributed by atoms with Crippen LogP contribution in [0.4, 0.5) is 21.7 Å². The number of piperazine rings is 1. The standard InChI is InChI=1S/C23H27FN6O2/c1-16-10-18(26-23-25-15-30(27-23)19-5-3-4-17(24)11-19)12-21(22(16)31-2)29-8-6-28(7-9-29)20-13-32-14-20/h3-5,10-12,15,20H,6-9,13-14H2,1-2H3,(H,26,27). The number of nitrogens with one attached hydrogen (secondary N) is 1. The van der Waals surface area contributed by atoms with Gasteiger partial charge in [-0.25, -0.2) is 9.07 Å². The fraction of sp³-hybridized carbons (Fsp3) is 0.391. The zero-order valence-corrected chi connectivity index (χ0v) is 18.3. The summed E-state index contributed by atoms with van der Waals surface area (Å²) in [6, 6.07) is 10.9. The van der Waals surface area contributed by atoms with Crippen LogP contribution in [-0.2, 0) is 4.74 Å². The van der Waals surface area contributed by atoms with Crippen molar-refractivity contribution in [2.24, 2.45) is 0 Å². The van der Waals surface area contributed by atoms with Crippen LogP contribution < -0.4 is 15.0 Å². The summed E-state index contributed by atoms with van der Waals surface area (Å²) in [6.45, 7) is 7.60. The van der Waals surface area contributed by atoms with Crippen LogP contribution in [0, 0.1) is 12.7 Å². The number of aromatic nitrogens is 3. The molecule has 3 aromatic rings. The monoisotopic (exact) mass is 438 g/mol. The molecule has 0 unspecified atom stereocenters. The molecule has 8 nitrogen and oxygen atoms in total. The molecule has 9 heteroatoms. The van der Waals surface area contributed by atoms with Gasteiger partial charge in [-0.1, -0.05) is 6.07 Å². The molecule has 2 aromatic carbocycles. The molecule has 0 aliphatic carbocycles. The Labute approximate surface area is 186 Å². The van der Waals surface area contributed by atoms with Crippen molar-refractivity contribution in [3.8, 4) is 11.4 Å². The largest absolute Gasteiger partial charge is 0.494 e. The van der Waals surface area contributed by atoms with E-state index >= 15 is 0 Å². The Hall–Kier alpha value is -3.17. The molecule has 0 bridgehead atoms. The lowest BCUT2D eigenvalue weighted by Crippen LogP contribution is -2.56. The molecule has 0 amide bonds. The molecule has 2 aliphatic heterocycles. The number of hydrogen-bond acceptors (Lipinski definition) is 7. The molecule has 1 N–H and O–H groups in total. The smallest absolute Gasteiger partial charge is 0.246 e. The number of anilines is 3. The zero-order valence-electron chi connectivity index (χ0n) is 18.3. The molecule has 0 atom stereocenters. The summed E-state index contributed by atoms with van der Waals surface area (Å²) in [6.07, 6.45) is 1.57. The fourth-order valence-electron chi connectivity index (χ4n) is 4.28. The lowest BCUT2D eigenvalue weighted by molar-refractivity contribution is -0.0660. The fourth-order valence-corrected chi connectivity index (χ4v) is 4.28. The van der Waals surface area contributed by atoms with Gasteiger partial charge in [0.1, 0.15) is 17.9 Å². The maximum atomic E-state index is 13.5. The Morgan fingerprint density at radius 1 is 1.12 bits per heavy atom.